The average Bonchev–Trinajstić information content (AvgIpc) is 2.93. The maximum Gasteiger partial charge on any atom is 0.416 e. The number of cyclic esters (lactones) is 1. The molecule has 0 unspecified atom stereocenters. The number of nitrogens with one attached hydrogen (secondary N) is 1. The van der Waals surface area contributed by atoms with Crippen LogP contribution in [0.2, 0.25) is 0 Å². The van der Waals surface area contributed by atoms with Crippen molar-refractivity contribution >= 4 is 17.9 Å². The van der Waals surface area contributed by atoms with Crippen molar-refractivity contribution in [1.82, 2.24) is 10.2 Å². The Balaban J connectivity index is 1.92. The molecule has 0 aliphatic carbocycles. The molecule has 2 aliphatic rings. The summed E-state index contributed by atoms with van der Waals surface area (Å²) in [6.45, 7) is 2.38. The van der Waals surface area contributed by atoms with Gasteiger partial charge in [0.15, 0.2) is 0 Å². The van der Waals surface area contributed by atoms with Gasteiger partial charge in [0.25, 0.3) is 0 Å². The monoisotopic (exact) mass is 302 g/mol. The van der Waals surface area contributed by atoms with Crippen molar-refractivity contribution in [3.63, 3.8) is 0 Å². The minimum absolute atomic E-state index is 0.0746. The fourth-order valence-corrected chi connectivity index (χ4v) is 3.18. The van der Waals surface area contributed by atoms with E-state index in [1.165, 1.54) is 0 Å². The number of hydrogen-bond acceptors (Lipinski definition) is 4. The summed E-state index contributed by atoms with van der Waals surface area (Å²) in [6.07, 6.45) is -0.316. The van der Waals surface area contributed by atoms with Gasteiger partial charge in [-0.2, -0.15) is 0 Å². The predicted octanol–water partition coefficient (Wildman–Crippen LogP) is 1.48. The second kappa shape index (κ2) is 5.79. The van der Waals surface area contributed by atoms with Crippen LogP contribution in [0.15, 0.2) is 30.3 Å². The quantitative estimate of drug-likeness (QED) is 0.898. The van der Waals surface area contributed by atoms with Crippen LogP contribution in [-0.4, -0.2) is 36.0 Å². The number of rotatable bonds is 2. The van der Waals surface area contributed by atoms with Gasteiger partial charge in [-0.15, -0.1) is 0 Å². The molecule has 6 heteroatoms. The smallest absolute Gasteiger partial charge is 0.416 e. The van der Waals surface area contributed by atoms with Gasteiger partial charge in [-0.05, 0) is 11.5 Å². The number of hydrogen-bond donors (Lipinski definition) is 1. The van der Waals surface area contributed by atoms with E-state index in [1.54, 1.807) is 0 Å². The number of ether oxygens (including phenoxy) is 1. The van der Waals surface area contributed by atoms with E-state index >= 15 is 0 Å². The summed E-state index contributed by atoms with van der Waals surface area (Å²) < 4.78 is 4.85. The first kappa shape index (κ1) is 14.6. The Morgan fingerprint density at radius 3 is 2.64 bits per heavy atom. The Bertz CT molecular complexity index is 601. The van der Waals surface area contributed by atoms with Crippen molar-refractivity contribution < 1.29 is 19.1 Å². The lowest BCUT2D eigenvalue weighted by Crippen LogP contribution is -2.50. The zero-order valence-electron chi connectivity index (χ0n) is 12.3. The zero-order valence-corrected chi connectivity index (χ0v) is 12.3. The van der Waals surface area contributed by atoms with Crippen LogP contribution < -0.4 is 5.32 Å². The third-order valence-corrected chi connectivity index (χ3v) is 4.27. The van der Waals surface area contributed by atoms with Crippen LogP contribution in [0.25, 0.3) is 0 Å². The maximum atomic E-state index is 12.8. The third kappa shape index (κ3) is 2.56. The summed E-state index contributed by atoms with van der Waals surface area (Å²) in [5.41, 5.74) is 0.869. The molecule has 22 heavy (non-hydrogen) atoms. The molecule has 2 aliphatic heterocycles. The minimum Gasteiger partial charge on any atom is -0.447 e. The number of carbonyl (C=O) groups is 3. The second-order valence-electron chi connectivity index (χ2n) is 5.77. The summed E-state index contributed by atoms with van der Waals surface area (Å²) in [7, 11) is 0. The topological polar surface area (TPSA) is 75.7 Å². The van der Waals surface area contributed by atoms with Crippen molar-refractivity contribution in [2.24, 2.45) is 11.8 Å². The van der Waals surface area contributed by atoms with E-state index in [0.29, 0.717) is 0 Å². The molecule has 3 rings (SSSR count). The summed E-state index contributed by atoms with van der Waals surface area (Å²) in [5.74, 6) is -0.955. The SMILES string of the molecule is C[C@@H]1CC(=O)N[C@@H](c2ccccc2)[C@H]1C(=O)N1CCOC1=O. The molecule has 1 aromatic carbocycles. The van der Waals surface area contributed by atoms with Crippen LogP contribution in [-0.2, 0) is 14.3 Å². The molecule has 6 nitrogen and oxygen atoms in total. The van der Waals surface area contributed by atoms with E-state index in [0.717, 1.165) is 10.5 Å². The van der Waals surface area contributed by atoms with Gasteiger partial charge in [-0.1, -0.05) is 37.3 Å². The van der Waals surface area contributed by atoms with Gasteiger partial charge < -0.3 is 10.1 Å². The first-order chi connectivity index (χ1) is 10.6. The van der Waals surface area contributed by atoms with Gasteiger partial charge in [0.1, 0.15) is 6.61 Å². The van der Waals surface area contributed by atoms with Gasteiger partial charge in [-0.25, -0.2) is 9.69 Å². The largest absolute Gasteiger partial charge is 0.447 e. The van der Waals surface area contributed by atoms with Crippen LogP contribution >= 0.6 is 0 Å². The minimum atomic E-state index is -0.596. The van der Waals surface area contributed by atoms with E-state index in [1.807, 2.05) is 37.3 Å². The Morgan fingerprint density at radius 1 is 1.27 bits per heavy atom. The predicted molar refractivity (Wildman–Crippen MR) is 77.7 cm³/mol. The normalized spacial score (nSPS) is 28.2. The van der Waals surface area contributed by atoms with E-state index < -0.39 is 18.1 Å². The van der Waals surface area contributed by atoms with Crippen molar-refractivity contribution in [3.05, 3.63) is 35.9 Å². The van der Waals surface area contributed by atoms with Gasteiger partial charge >= 0.3 is 6.09 Å². The molecule has 2 heterocycles. The highest BCUT2D eigenvalue weighted by Gasteiger charge is 2.44. The molecule has 3 atom stereocenters. The van der Waals surface area contributed by atoms with E-state index in [4.69, 9.17) is 4.74 Å². The van der Waals surface area contributed by atoms with E-state index in [-0.39, 0.29) is 37.3 Å². The van der Waals surface area contributed by atoms with Gasteiger partial charge in [0, 0.05) is 6.42 Å². The lowest BCUT2D eigenvalue weighted by molar-refractivity contribution is -0.139. The Morgan fingerprint density at radius 2 is 2.00 bits per heavy atom. The number of benzene rings is 1. The Labute approximate surface area is 128 Å². The van der Waals surface area contributed by atoms with E-state index in [9.17, 15) is 14.4 Å². The Hall–Kier alpha value is -2.37. The van der Waals surface area contributed by atoms with Crippen molar-refractivity contribution in [2.75, 3.05) is 13.2 Å². The Kier molecular flexibility index (Phi) is 3.83. The summed E-state index contributed by atoms with van der Waals surface area (Å²) >= 11 is 0. The first-order valence-electron chi connectivity index (χ1n) is 7.40. The highest BCUT2D eigenvalue weighted by Crippen LogP contribution is 2.35. The molecule has 116 valence electrons. The number of imide groups is 1. The highest BCUT2D eigenvalue weighted by atomic mass is 16.6. The molecule has 0 spiro atoms. The fraction of sp³-hybridized carbons (Fsp3) is 0.438. The number of carbonyl (C=O) groups excluding carboxylic acids is 3. The van der Waals surface area contributed by atoms with Crippen molar-refractivity contribution in [2.45, 2.75) is 19.4 Å². The van der Waals surface area contributed by atoms with Crippen LogP contribution in [0, 0.1) is 11.8 Å². The van der Waals surface area contributed by atoms with Gasteiger partial charge in [-0.3, -0.25) is 9.59 Å². The van der Waals surface area contributed by atoms with Crippen molar-refractivity contribution in [1.29, 1.82) is 0 Å². The molecule has 1 N–H and O–H groups in total. The highest BCUT2D eigenvalue weighted by molar-refractivity contribution is 5.96. The molecular formula is C16H18N2O4. The van der Waals surface area contributed by atoms with Crippen molar-refractivity contribution in [3.8, 4) is 0 Å². The molecule has 1 aromatic rings. The lowest BCUT2D eigenvalue weighted by atomic mass is 9.78. The molecular weight excluding hydrogens is 284 g/mol. The van der Waals surface area contributed by atoms with E-state index in [2.05, 4.69) is 5.32 Å². The number of piperidine rings is 1. The van der Waals surface area contributed by atoms with Crippen LogP contribution in [0.5, 0.6) is 0 Å². The molecule has 0 aromatic heterocycles. The third-order valence-electron chi connectivity index (χ3n) is 4.27. The molecule has 0 saturated carbocycles. The second-order valence-corrected chi connectivity index (χ2v) is 5.77. The molecule has 0 bridgehead atoms. The molecule has 3 amide bonds. The summed E-state index contributed by atoms with van der Waals surface area (Å²) in [4.78, 5) is 37.5. The molecule has 2 fully saturated rings. The van der Waals surface area contributed by atoms with Crippen LogP contribution in [0.4, 0.5) is 4.79 Å². The van der Waals surface area contributed by atoms with Crippen LogP contribution in [0.3, 0.4) is 0 Å². The lowest BCUT2D eigenvalue weighted by Gasteiger charge is -2.37. The standard InChI is InChI=1S/C16H18N2O4/c1-10-9-12(19)17-14(11-5-3-2-4-6-11)13(10)15(20)18-7-8-22-16(18)21/h2-6,10,13-14H,7-9H2,1H3,(H,17,19)/t10-,13+,14+/m1/s1. The molecule has 2 saturated heterocycles. The average molecular weight is 302 g/mol. The maximum absolute atomic E-state index is 12.8. The number of amides is 3. The molecule has 0 radical (unpaired) electrons. The summed E-state index contributed by atoms with van der Waals surface area (Å²) in [6, 6.07) is 8.96. The summed E-state index contributed by atoms with van der Waals surface area (Å²) in [5, 5.41) is 2.89. The number of nitrogens with zero attached hydrogens (tertiary/aromatic N) is 1. The van der Waals surface area contributed by atoms with Gasteiger partial charge in [0.05, 0.1) is 18.5 Å². The zero-order chi connectivity index (χ0) is 15.7. The van der Waals surface area contributed by atoms with Crippen LogP contribution in [0.1, 0.15) is 24.9 Å². The fourth-order valence-electron chi connectivity index (χ4n) is 3.18. The first-order valence-corrected chi connectivity index (χ1v) is 7.40. The van der Waals surface area contributed by atoms with Gasteiger partial charge in [0.2, 0.25) is 11.8 Å².